The summed E-state index contributed by atoms with van der Waals surface area (Å²) in [6.07, 6.45) is 0. The van der Waals surface area contributed by atoms with E-state index in [4.69, 9.17) is 0 Å². The lowest BCUT2D eigenvalue weighted by atomic mass is 10.00. The second kappa shape index (κ2) is 15.1. The minimum absolute atomic E-state index is 1.09. The van der Waals surface area contributed by atoms with Crippen LogP contribution in [0.3, 0.4) is 0 Å². The standard InChI is InChI=1S/C58H40N2/c1-3-12-41(13-4-1)43-22-24-44(25-23-43)46-28-35-51(36-29-46)59(50-33-26-45(27-34-50)42-14-5-2-6-15-42)52-37-30-47(31-38-52)49-17-11-18-53(40-49)60-56-21-10-9-20-55(56)58-54-19-8-7-16-48(54)32-39-57(58)60/h1-40H. The maximum absolute atomic E-state index is 2.41. The highest BCUT2D eigenvalue weighted by Gasteiger charge is 2.17. The van der Waals surface area contributed by atoms with Crippen LogP contribution in [0.15, 0.2) is 243 Å². The van der Waals surface area contributed by atoms with Gasteiger partial charge in [0.05, 0.1) is 11.0 Å². The van der Waals surface area contributed by atoms with Gasteiger partial charge in [0, 0.05) is 33.5 Å². The molecule has 0 saturated heterocycles. The molecule has 0 aliphatic carbocycles. The van der Waals surface area contributed by atoms with Crippen LogP contribution in [-0.2, 0) is 0 Å². The molecule has 0 bridgehead atoms. The predicted molar refractivity (Wildman–Crippen MR) is 255 cm³/mol. The van der Waals surface area contributed by atoms with Gasteiger partial charge in [0.15, 0.2) is 0 Å². The van der Waals surface area contributed by atoms with Crippen molar-refractivity contribution in [3.05, 3.63) is 243 Å². The highest BCUT2D eigenvalue weighted by molar-refractivity contribution is 6.21. The average molecular weight is 765 g/mol. The predicted octanol–water partition coefficient (Wildman–Crippen LogP) is 16.1. The van der Waals surface area contributed by atoms with E-state index < -0.39 is 0 Å². The molecular formula is C58H40N2. The van der Waals surface area contributed by atoms with Gasteiger partial charge in [0.25, 0.3) is 0 Å². The van der Waals surface area contributed by atoms with Gasteiger partial charge in [-0.1, -0.05) is 182 Å². The highest BCUT2D eigenvalue weighted by Crippen LogP contribution is 2.40. The molecule has 2 nitrogen and oxygen atoms in total. The van der Waals surface area contributed by atoms with Crippen molar-refractivity contribution in [3.63, 3.8) is 0 Å². The zero-order valence-corrected chi connectivity index (χ0v) is 33.0. The smallest absolute Gasteiger partial charge is 0.0547 e. The van der Waals surface area contributed by atoms with Gasteiger partial charge in [-0.25, -0.2) is 0 Å². The normalized spacial score (nSPS) is 11.3. The zero-order valence-electron chi connectivity index (χ0n) is 33.0. The van der Waals surface area contributed by atoms with Crippen LogP contribution in [-0.4, -0.2) is 4.57 Å². The molecule has 282 valence electrons. The third-order valence-electron chi connectivity index (χ3n) is 11.8. The van der Waals surface area contributed by atoms with Crippen LogP contribution in [0.5, 0.6) is 0 Å². The van der Waals surface area contributed by atoms with Crippen molar-refractivity contribution in [3.8, 4) is 50.2 Å². The van der Waals surface area contributed by atoms with Crippen molar-refractivity contribution in [1.29, 1.82) is 0 Å². The van der Waals surface area contributed by atoms with Crippen LogP contribution in [0, 0.1) is 0 Å². The van der Waals surface area contributed by atoms with Crippen molar-refractivity contribution < 1.29 is 0 Å². The second-order valence-electron chi connectivity index (χ2n) is 15.4. The minimum atomic E-state index is 1.09. The molecule has 11 aromatic rings. The number of hydrogen-bond donors (Lipinski definition) is 0. The molecule has 0 fully saturated rings. The topological polar surface area (TPSA) is 8.17 Å². The summed E-state index contributed by atoms with van der Waals surface area (Å²) in [7, 11) is 0. The van der Waals surface area contributed by atoms with Crippen LogP contribution >= 0.6 is 0 Å². The summed E-state index contributed by atoms with van der Waals surface area (Å²) in [6.45, 7) is 0. The lowest BCUT2D eigenvalue weighted by Crippen LogP contribution is -2.09. The first-order chi connectivity index (χ1) is 29.7. The van der Waals surface area contributed by atoms with Crippen LogP contribution in [0.25, 0.3) is 82.8 Å². The molecule has 11 rings (SSSR count). The quantitative estimate of drug-likeness (QED) is 0.150. The SMILES string of the molecule is c1ccc(-c2ccc(-c3ccc(N(c4ccc(-c5ccccc5)cc4)c4ccc(-c5cccc(-n6c7ccccc7c7c8ccccc8ccc76)c5)cc4)cc3)cc2)cc1. The molecule has 0 unspecified atom stereocenters. The molecular weight excluding hydrogens is 725 g/mol. The lowest BCUT2D eigenvalue weighted by Gasteiger charge is -2.26. The molecule has 0 radical (unpaired) electrons. The van der Waals surface area contributed by atoms with Crippen LogP contribution in [0.2, 0.25) is 0 Å². The molecule has 1 heterocycles. The van der Waals surface area contributed by atoms with E-state index in [-0.39, 0.29) is 0 Å². The second-order valence-corrected chi connectivity index (χ2v) is 15.4. The fourth-order valence-electron chi connectivity index (χ4n) is 8.81. The number of anilines is 3. The fraction of sp³-hybridized carbons (Fsp3) is 0. The third-order valence-corrected chi connectivity index (χ3v) is 11.8. The summed E-state index contributed by atoms with van der Waals surface area (Å²) in [5.74, 6) is 0. The summed E-state index contributed by atoms with van der Waals surface area (Å²) >= 11 is 0. The number of para-hydroxylation sites is 1. The Morgan fingerprint density at radius 1 is 0.267 bits per heavy atom. The molecule has 0 atom stereocenters. The lowest BCUT2D eigenvalue weighted by molar-refractivity contribution is 1.18. The molecule has 1 aromatic heterocycles. The van der Waals surface area contributed by atoms with Crippen LogP contribution < -0.4 is 4.90 Å². The molecule has 10 aromatic carbocycles. The van der Waals surface area contributed by atoms with Gasteiger partial charge in [-0.05, 0) is 116 Å². The number of nitrogens with zero attached hydrogens (tertiary/aromatic N) is 2. The molecule has 2 heteroatoms. The first-order valence-electron chi connectivity index (χ1n) is 20.6. The Hall–Kier alpha value is -7.94. The first kappa shape index (κ1) is 35.2. The maximum Gasteiger partial charge on any atom is 0.0547 e. The van der Waals surface area contributed by atoms with E-state index >= 15 is 0 Å². The zero-order chi connectivity index (χ0) is 39.8. The number of aromatic nitrogens is 1. The van der Waals surface area contributed by atoms with Crippen LogP contribution in [0.1, 0.15) is 0 Å². The third kappa shape index (κ3) is 6.41. The number of hydrogen-bond acceptors (Lipinski definition) is 1. The number of rotatable bonds is 8. The van der Waals surface area contributed by atoms with Gasteiger partial charge in [-0.15, -0.1) is 0 Å². The molecule has 0 N–H and O–H groups in total. The molecule has 60 heavy (non-hydrogen) atoms. The van der Waals surface area contributed by atoms with Crippen molar-refractivity contribution in [1.82, 2.24) is 4.57 Å². The van der Waals surface area contributed by atoms with Crippen molar-refractivity contribution in [2.45, 2.75) is 0 Å². The van der Waals surface area contributed by atoms with E-state index in [1.807, 2.05) is 0 Å². The van der Waals surface area contributed by atoms with Gasteiger partial charge in [0.2, 0.25) is 0 Å². The number of benzene rings is 10. The molecule has 0 spiro atoms. The Bertz CT molecular complexity index is 3250. The number of fused-ring (bicyclic) bond motifs is 5. The monoisotopic (exact) mass is 764 g/mol. The van der Waals surface area contributed by atoms with E-state index in [1.165, 1.54) is 77.1 Å². The van der Waals surface area contributed by atoms with Crippen LogP contribution in [0.4, 0.5) is 17.1 Å². The van der Waals surface area contributed by atoms with Gasteiger partial charge in [-0.3, -0.25) is 0 Å². The van der Waals surface area contributed by atoms with Gasteiger partial charge >= 0.3 is 0 Å². The Balaban J connectivity index is 0.948. The van der Waals surface area contributed by atoms with Crippen molar-refractivity contribution in [2.24, 2.45) is 0 Å². The Morgan fingerprint density at radius 2 is 0.683 bits per heavy atom. The molecule has 0 amide bonds. The Morgan fingerprint density at radius 3 is 1.23 bits per heavy atom. The first-order valence-corrected chi connectivity index (χ1v) is 20.6. The summed E-state index contributed by atoms with van der Waals surface area (Å²) in [4.78, 5) is 2.35. The Labute approximate surface area is 350 Å². The average Bonchev–Trinajstić information content (AvgIpc) is 3.68. The summed E-state index contributed by atoms with van der Waals surface area (Å²) in [5, 5.41) is 5.10. The summed E-state index contributed by atoms with van der Waals surface area (Å²) in [6, 6.07) is 87.7. The van der Waals surface area contributed by atoms with E-state index in [9.17, 15) is 0 Å². The summed E-state index contributed by atoms with van der Waals surface area (Å²) in [5.41, 5.74) is 16.4. The molecule has 0 aliphatic heterocycles. The summed E-state index contributed by atoms with van der Waals surface area (Å²) < 4.78 is 2.41. The fourth-order valence-corrected chi connectivity index (χ4v) is 8.81. The van der Waals surface area contributed by atoms with E-state index in [0.29, 0.717) is 0 Å². The minimum Gasteiger partial charge on any atom is -0.311 e. The maximum atomic E-state index is 2.41. The van der Waals surface area contributed by atoms with Crippen molar-refractivity contribution in [2.75, 3.05) is 4.90 Å². The molecule has 0 aliphatic rings. The van der Waals surface area contributed by atoms with E-state index in [1.54, 1.807) is 0 Å². The Kier molecular flexibility index (Phi) is 8.87. The van der Waals surface area contributed by atoms with Gasteiger partial charge in [0.1, 0.15) is 0 Å². The largest absolute Gasteiger partial charge is 0.311 e. The van der Waals surface area contributed by atoms with Crippen molar-refractivity contribution >= 4 is 49.6 Å². The van der Waals surface area contributed by atoms with Gasteiger partial charge in [-0.2, -0.15) is 0 Å². The van der Waals surface area contributed by atoms with Gasteiger partial charge < -0.3 is 9.47 Å². The van der Waals surface area contributed by atoms with E-state index in [0.717, 1.165) is 22.7 Å². The van der Waals surface area contributed by atoms with E-state index in [2.05, 4.69) is 252 Å². The highest BCUT2D eigenvalue weighted by atomic mass is 15.1. The molecule has 0 saturated carbocycles.